The van der Waals surface area contributed by atoms with Gasteiger partial charge >= 0.3 is 5.97 Å². The number of hydrogen-bond donors (Lipinski definition) is 1. The van der Waals surface area contributed by atoms with Gasteiger partial charge in [-0.15, -0.1) is 0 Å². The number of nitrogens with zero attached hydrogens (tertiary/aromatic N) is 1. The van der Waals surface area contributed by atoms with Crippen LogP contribution in [0.5, 0.6) is 0 Å². The third-order valence-corrected chi connectivity index (χ3v) is 5.46. The van der Waals surface area contributed by atoms with Crippen LogP contribution in [-0.2, 0) is 4.74 Å². The highest BCUT2D eigenvalue weighted by atomic mass is 16.5. The van der Waals surface area contributed by atoms with E-state index in [2.05, 4.69) is 17.1 Å². The van der Waals surface area contributed by atoms with Crippen molar-refractivity contribution in [1.82, 2.24) is 9.88 Å². The molecule has 0 radical (unpaired) electrons. The van der Waals surface area contributed by atoms with Gasteiger partial charge in [-0.2, -0.15) is 0 Å². The predicted octanol–water partition coefficient (Wildman–Crippen LogP) is 3.51. The van der Waals surface area contributed by atoms with Gasteiger partial charge in [0.05, 0.1) is 7.11 Å². The van der Waals surface area contributed by atoms with Gasteiger partial charge < -0.3 is 14.6 Å². The van der Waals surface area contributed by atoms with Gasteiger partial charge in [0.1, 0.15) is 5.69 Å². The van der Waals surface area contributed by atoms with Crippen molar-refractivity contribution in [2.45, 2.75) is 12.8 Å². The number of methoxy groups -OCH3 is 1. The van der Waals surface area contributed by atoms with Crippen molar-refractivity contribution in [1.29, 1.82) is 0 Å². The maximum absolute atomic E-state index is 12.8. The summed E-state index contributed by atoms with van der Waals surface area (Å²) >= 11 is 0. The lowest BCUT2D eigenvalue weighted by Gasteiger charge is -2.17. The SMILES string of the molecule is COC(=O)c1cc(-c2ccc(C(=O)N3C[C@H]4CC=CC[C@H]4C3)cc2)c[nH]1. The van der Waals surface area contributed by atoms with Crippen molar-refractivity contribution in [3.05, 3.63) is 59.9 Å². The van der Waals surface area contributed by atoms with Crippen molar-refractivity contribution < 1.29 is 14.3 Å². The summed E-state index contributed by atoms with van der Waals surface area (Å²) in [6.45, 7) is 1.71. The lowest BCUT2D eigenvalue weighted by Crippen LogP contribution is -2.28. The largest absolute Gasteiger partial charge is 0.464 e. The number of ether oxygens (including phenoxy) is 1. The Labute approximate surface area is 152 Å². The van der Waals surface area contributed by atoms with Crippen LogP contribution in [0.1, 0.15) is 33.7 Å². The Morgan fingerprint density at radius 2 is 1.69 bits per heavy atom. The Hall–Kier alpha value is -2.82. The first kappa shape index (κ1) is 16.6. The van der Waals surface area contributed by atoms with E-state index in [1.165, 1.54) is 7.11 Å². The minimum atomic E-state index is -0.395. The zero-order valence-electron chi connectivity index (χ0n) is 14.8. The average molecular weight is 350 g/mol. The number of likely N-dealkylation sites (tertiary alicyclic amines) is 1. The van der Waals surface area contributed by atoms with Crippen LogP contribution in [0.25, 0.3) is 11.1 Å². The van der Waals surface area contributed by atoms with Gasteiger partial charge in [0.2, 0.25) is 0 Å². The van der Waals surface area contributed by atoms with E-state index < -0.39 is 5.97 Å². The van der Waals surface area contributed by atoms with E-state index in [4.69, 9.17) is 4.74 Å². The molecule has 0 unspecified atom stereocenters. The molecule has 1 saturated heterocycles. The molecule has 5 heteroatoms. The number of aromatic amines is 1. The summed E-state index contributed by atoms with van der Waals surface area (Å²) in [5.74, 6) is 0.933. The number of H-pyrrole nitrogens is 1. The number of hydrogen-bond acceptors (Lipinski definition) is 3. The molecule has 2 aromatic rings. The topological polar surface area (TPSA) is 62.4 Å². The van der Waals surface area contributed by atoms with Crippen LogP contribution in [-0.4, -0.2) is 42.0 Å². The first-order valence-electron chi connectivity index (χ1n) is 8.97. The normalized spacial score (nSPS) is 21.5. The van der Waals surface area contributed by atoms with Crippen molar-refractivity contribution in [3.63, 3.8) is 0 Å². The highest BCUT2D eigenvalue weighted by molar-refractivity contribution is 5.95. The highest BCUT2D eigenvalue weighted by Gasteiger charge is 2.35. The summed E-state index contributed by atoms with van der Waals surface area (Å²) < 4.78 is 4.71. The summed E-state index contributed by atoms with van der Waals surface area (Å²) in [4.78, 5) is 29.3. The average Bonchev–Trinajstić information content (AvgIpc) is 3.34. The molecule has 1 aliphatic heterocycles. The molecule has 2 heterocycles. The van der Waals surface area contributed by atoms with Crippen molar-refractivity contribution in [2.75, 3.05) is 20.2 Å². The van der Waals surface area contributed by atoms with E-state index in [0.717, 1.165) is 37.1 Å². The Morgan fingerprint density at radius 1 is 1.04 bits per heavy atom. The molecular weight excluding hydrogens is 328 g/mol. The number of amides is 1. The van der Waals surface area contributed by atoms with Gasteiger partial charge in [0, 0.05) is 24.8 Å². The van der Waals surface area contributed by atoms with E-state index in [0.29, 0.717) is 23.1 Å². The second-order valence-corrected chi connectivity index (χ2v) is 7.04. The van der Waals surface area contributed by atoms with E-state index in [1.54, 1.807) is 12.3 Å². The number of rotatable bonds is 3. The van der Waals surface area contributed by atoms with Gasteiger partial charge in [-0.3, -0.25) is 4.79 Å². The van der Waals surface area contributed by atoms with Crippen LogP contribution in [0.3, 0.4) is 0 Å². The molecule has 1 N–H and O–H groups in total. The van der Waals surface area contributed by atoms with Crippen molar-refractivity contribution in [3.8, 4) is 11.1 Å². The molecule has 1 fully saturated rings. The third-order valence-electron chi connectivity index (χ3n) is 5.46. The molecule has 0 saturated carbocycles. The molecular formula is C21H22N2O3. The fraction of sp³-hybridized carbons (Fsp3) is 0.333. The molecule has 4 rings (SSSR count). The Bertz CT molecular complexity index is 834. The van der Waals surface area contributed by atoms with E-state index in [-0.39, 0.29) is 5.91 Å². The van der Waals surface area contributed by atoms with Gasteiger partial charge in [-0.1, -0.05) is 24.3 Å². The molecule has 1 aromatic heterocycles. The number of carbonyl (C=O) groups excluding carboxylic acids is 2. The second-order valence-electron chi connectivity index (χ2n) is 7.04. The molecule has 2 atom stereocenters. The number of aromatic nitrogens is 1. The molecule has 2 aliphatic rings. The summed E-state index contributed by atoms with van der Waals surface area (Å²) in [6.07, 6.45) is 8.42. The zero-order chi connectivity index (χ0) is 18.1. The fourth-order valence-electron chi connectivity index (χ4n) is 3.96. The molecule has 1 aliphatic carbocycles. The van der Waals surface area contributed by atoms with Gasteiger partial charge in [0.15, 0.2) is 0 Å². The minimum absolute atomic E-state index is 0.107. The number of fused-ring (bicyclic) bond motifs is 1. The lowest BCUT2D eigenvalue weighted by atomic mass is 9.86. The quantitative estimate of drug-likeness (QED) is 0.681. The first-order valence-corrected chi connectivity index (χ1v) is 8.97. The number of esters is 1. The molecule has 26 heavy (non-hydrogen) atoms. The molecule has 1 aromatic carbocycles. The van der Waals surface area contributed by atoms with Crippen molar-refractivity contribution in [2.24, 2.45) is 11.8 Å². The van der Waals surface area contributed by atoms with Crippen LogP contribution < -0.4 is 0 Å². The first-order chi connectivity index (χ1) is 12.7. The molecule has 5 nitrogen and oxygen atoms in total. The van der Waals surface area contributed by atoms with Crippen LogP contribution in [0, 0.1) is 11.8 Å². The summed E-state index contributed by atoms with van der Waals surface area (Å²) in [5.41, 5.74) is 2.97. The minimum Gasteiger partial charge on any atom is -0.464 e. The van der Waals surface area contributed by atoms with Gasteiger partial charge in [0.25, 0.3) is 5.91 Å². The number of allylic oxidation sites excluding steroid dienone is 2. The second kappa shape index (κ2) is 6.83. The van der Waals surface area contributed by atoms with Crippen LogP contribution in [0.2, 0.25) is 0 Å². The van der Waals surface area contributed by atoms with Crippen LogP contribution in [0.15, 0.2) is 48.7 Å². The van der Waals surface area contributed by atoms with E-state index >= 15 is 0 Å². The Kier molecular flexibility index (Phi) is 4.37. The zero-order valence-corrected chi connectivity index (χ0v) is 14.8. The maximum atomic E-state index is 12.8. The fourth-order valence-corrected chi connectivity index (χ4v) is 3.96. The Morgan fingerprint density at radius 3 is 2.31 bits per heavy atom. The van der Waals surface area contributed by atoms with Crippen LogP contribution >= 0.6 is 0 Å². The molecule has 0 spiro atoms. The smallest absolute Gasteiger partial charge is 0.354 e. The maximum Gasteiger partial charge on any atom is 0.354 e. The number of carbonyl (C=O) groups is 2. The number of nitrogens with one attached hydrogen (secondary N) is 1. The third kappa shape index (κ3) is 3.05. The van der Waals surface area contributed by atoms with Crippen molar-refractivity contribution >= 4 is 11.9 Å². The summed E-state index contributed by atoms with van der Waals surface area (Å²) in [6, 6.07) is 9.32. The Balaban J connectivity index is 1.47. The molecule has 134 valence electrons. The standard InChI is InChI=1S/C21H22N2O3/c1-26-21(25)19-10-18(11-22-19)14-6-8-15(9-7-14)20(24)23-12-16-4-2-3-5-17(16)13-23/h2-3,6-11,16-17,22H,4-5,12-13H2,1H3/t16-,17+. The molecule has 0 bridgehead atoms. The summed E-state index contributed by atoms with van der Waals surface area (Å²) in [7, 11) is 1.35. The number of benzene rings is 1. The lowest BCUT2D eigenvalue weighted by molar-refractivity contribution is 0.0594. The molecule has 1 amide bonds. The van der Waals surface area contributed by atoms with E-state index in [9.17, 15) is 9.59 Å². The predicted molar refractivity (Wildman–Crippen MR) is 98.8 cm³/mol. The monoisotopic (exact) mass is 350 g/mol. The summed E-state index contributed by atoms with van der Waals surface area (Å²) in [5, 5.41) is 0. The van der Waals surface area contributed by atoms with E-state index in [1.807, 2.05) is 29.2 Å². The highest BCUT2D eigenvalue weighted by Crippen LogP contribution is 2.33. The van der Waals surface area contributed by atoms with Gasteiger partial charge in [-0.25, -0.2) is 4.79 Å². The van der Waals surface area contributed by atoms with Crippen LogP contribution in [0.4, 0.5) is 0 Å². The van der Waals surface area contributed by atoms with Gasteiger partial charge in [-0.05, 0) is 54.0 Å².